The van der Waals surface area contributed by atoms with Crippen LogP contribution >= 0.6 is 0 Å². The summed E-state index contributed by atoms with van der Waals surface area (Å²) >= 11 is 0. The predicted octanol–water partition coefficient (Wildman–Crippen LogP) is 3.98. The maximum Gasteiger partial charge on any atom is 0.223 e. The molecule has 0 unspecified atom stereocenters. The second kappa shape index (κ2) is 9.90. The van der Waals surface area contributed by atoms with E-state index in [1.165, 1.54) is 56.1 Å². The molecule has 0 aromatic heterocycles. The van der Waals surface area contributed by atoms with Crippen LogP contribution < -0.4 is 10.6 Å². The van der Waals surface area contributed by atoms with Crippen LogP contribution in [0.25, 0.3) is 6.08 Å². The minimum atomic E-state index is 0.337. The zero-order valence-corrected chi connectivity index (χ0v) is 17.9. The van der Waals surface area contributed by atoms with E-state index in [-0.39, 0.29) is 0 Å². The van der Waals surface area contributed by atoms with E-state index in [1.54, 1.807) is 0 Å². The Kier molecular flexibility index (Phi) is 7.04. The summed E-state index contributed by atoms with van der Waals surface area (Å²) in [5, 5.41) is 7.55. The standard InChI is InChI=1S/C25H37N3O/c1-19(17-20-7-3-2-4-8-20)23-18-24(23)27-22-11-9-21(10-12-22)26-14-13-25(29)28-15-5-6-16-28/h2-4,7-8,17,21-24,26-27H,5-6,9-16,18H2,1H3/b19-17+/t21-,22+,23-,24+/m0/s1. The Morgan fingerprint density at radius 2 is 1.76 bits per heavy atom. The molecule has 2 atom stereocenters. The van der Waals surface area contributed by atoms with Crippen molar-refractivity contribution in [1.29, 1.82) is 0 Å². The van der Waals surface area contributed by atoms with Crippen molar-refractivity contribution in [2.45, 2.75) is 76.4 Å². The van der Waals surface area contributed by atoms with Crippen LogP contribution in [-0.2, 0) is 4.79 Å². The van der Waals surface area contributed by atoms with Gasteiger partial charge in [0.25, 0.3) is 0 Å². The Morgan fingerprint density at radius 1 is 1.07 bits per heavy atom. The van der Waals surface area contributed by atoms with Gasteiger partial charge in [-0.3, -0.25) is 4.79 Å². The summed E-state index contributed by atoms with van der Waals surface area (Å²) in [6, 6.07) is 12.6. The fraction of sp³-hybridized carbons (Fsp3) is 0.640. The first kappa shape index (κ1) is 20.6. The van der Waals surface area contributed by atoms with Crippen molar-refractivity contribution in [2.24, 2.45) is 5.92 Å². The molecule has 3 fully saturated rings. The van der Waals surface area contributed by atoms with Crippen LogP contribution in [0, 0.1) is 5.92 Å². The van der Waals surface area contributed by atoms with Crippen molar-refractivity contribution in [3.63, 3.8) is 0 Å². The van der Waals surface area contributed by atoms with Crippen LogP contribution in [0.15, 0.2) is 35.9 Å². The third-order valence-corrected chi connectivity index (χ3v) is 6.98. The minimum Gasteiger partial charge on any atom is -0.343 e. The minimum absolute atomic E-state index is 0.337. The fourth-order valence-electron chi connectivity index (χ4n) is 5.08. The van der Waals surface area contributed by atoms with Crippen LogP contribution in [0.4, 0.5) is 0 Å². The molecule has 1 saturated heterocycles. The fourth-order valence-corrected chi connectivity index (χ4v) is 5.08. The topological polar surface area (TPSA) is 44.4 Å². The third-order valence-electron chi connectivity index (χ3n) is 6.98. The molecule has 1 aromatic carbocycles. The Bertz CT molecular complexity index is 687. The van der Waals surface area contributed by atoms with E-state index in [1.807, 2.05) is 4.90 Å². The molecule has 1 amide bonds. The zero-order chi connectivity index (χ0) is 20.1. The average molecular weight is 396 g/mol. The van der Waals surface area contributed by atoms with E-state index in [9.17, 15) is 4.79 Å². The number of nitrogens with zero attached hydrogens (tertiary/aromatic N) is 1. The van der Waals surface area contributed by atoms with Gasteiger partial charge in [-0.15, -0.1) is 0 Å². The summed E-state index contributed by atoms with van der Waals surface area (Å²) in [4.78, 5) is 14.2. The zero-order valence-electron chi connectivity index (χ0n) is 17.9. The first-order valence-electron chi connectivity index (χ1n) is 11.7. The molecule has 0 bridgehead atoms. The third kappa shape index (κ3) is 5.93. The number of carbonyl (C=O) groups excluding carboxylic acids is 1. The second-order valence-electron chi connectivity index (χ2n) is 9.25. The predicted molar refractivity (Wildman–Crippen MR) is 120 cm³/mol. The van der Waals surface area contributed by atoms with Gasteiger partial charge in [0.05, 0.1) is 0 Å². The molecule has 1 aromatic rings. The molecule has 4 rings (SSSR count). The largest absolute Gasteiger partial charge is 0.343 e. The van der Waals surface area contributed by atoms with Gasteiger partial charge in [0.15, 0.2) is 0 Å². The SMILES string of the molecule is C/C(=C\c1ccccc1)[C@@H]1C[C@H]1N[C@H]1CC[C@@H](NCCC(=O)N2CCCC2)CC1. The number of amides is 1. The van der Waals surface area contributed by atoms with Crippen LogP contribution in [0.3, 0.4) is 0 Å². The van der Waals surface area contributed by atoms with E-state index in [2.05, 4.69) is 54.0 Å². The van der Waals surface area contributed by atoms with Crippen LogP contribution in [0.1, 0.15) is 63.9 Å². The van der Waals surface area contributed by atoms with Gasteiger partial charge in [0.1, 0.15) is 0 Å². The number of nitrogens with one attached hydrogen (secondary N) is 2. The molecule has 2 N–H and O–H groups in total. The number of carbonyl (C=O) groups is 1. The Hall–Kier alpha value is -1.65. The van der Waals surface area contributed by atoms with Crippen LogP contribution in [0.5, 0.6) is 0 Å². The molecule has 4 heteroatoms. The summed E-state index contributed by atoms with van der Waals surface area (Å²) in [7, 11) is 0. The lowest BCUT2D eigenvalue weighted by Crippen LogP contribution is -2.42. The molecule has 1 heterocycles. The molecule has 2 aliphatic carbocycles. The average Bonchev–Trinajstić information content (AvgIpc) is 3.28. The quantitative estimate of drug-likeness (QED) is 0.700. The summed E-state index contributed by atoms with van der Waals surface area (Å²) in [6.45, 7) is 5.06. The first-order chi connectivity index (χ1) is 14.2. The summed E-state index contributed by atoms with van der Waals surface area (Å²) < 4.78 is 0. The van der Waals surface area contributed by atoms with E-state index in [0.29, 0.717) is 36.4 Å². The van der Waals surface area contributed by atoms with Crippen molar-refractivity contribution < 1.29 is 4.79 Å². The van der Waals surface area contributed by atoms with Gasteiger partial charge in [0, 0.05) is 44.2 Å². The maximum atomic E-state index is 12.1. The van der Waals surface area contributed by atoms with Crippen molar-refractivity contribution >= 4 is 12.0 Å². The van der Waals surface area contributed by atoms with Crippen molar-refractivity contribution in [3.8, 4) is 0 Å². The molecule has 1 aliphatic heterocycles. The highest BCUT2D eigenvalue weighted by atomic mass is 16.2. The summed E-state index contributed by atoms with van der Waals surface area (Å²) in [5.41, 5.74) is 2.82. The molecular weight excluding hydrogens is 358 g/mol. The van der Waals surface area contributed by atoms with Crippen molar-refractivity contribution in [1.82, 2.24) is 15.5 Å². The van der Waals surface area contributed by atoms with E-state index >= 15 is 0 Å². The normalized spacial score (nSPS) is 29.8. The Morgan fingerprint density at radius 3 is 2.48 bits per heavy atom. The van der Waals surface area contributed by atoms with E-state index in [4.69, 9.17) is 0 Å². The van der Waals surface area contributed by atoms with Crippen LogP contribution in [0.2, 0.25) is 0 Å². The first-order valence-corrected chi connectivity index (χ1v) is 11.7. The molecular formula is C25H37N3O. The lowest BCUT2D eigenvalue weighted by atomic mass is 9.91. The highest BCUT2D eigenvalue weighted by molar-refractivity contribution is 5.76. The molecule has 29 heavy (non-hydrogen) atoms. The molecule has 158 valence electrons. The van der Waals surface area contributed by atoms with Gasteiger partial charge in [-0.05, 0) is 63.4 Å². The smallest absolute Gasteiger partial charge is 0.223 e. The number of rotatable bonds is 8. The summed E-state index contributed by atoms with van der Waals surface area (Å²) in [5.74, 6) is 1.05. The lowest BCUT2D eigenvalue weighted by molar-refractivity contribution is -0.130. The molecule has 0 spiro atoms. The van der Waals surface area contributed by atoms with Gasteiger partial charge >= 0.3 is 0 Å². The van der Waals surface area contributed by atoms with Crippen molar-refractivity contribution in [2.75, 3.05) is 19.6 Å². The second-order valence-corrected chi connectivity index (χ2v) is 9.25. The van der Waals surface area contributed by atoms with Gasteiger partial charge < -0.3 is 15.5 Å². The number of hydrogen-bond acceptors (Lipinski definition) is 3. The monoisotopic (exact) mass is 395 g/mol. The molecule has 4 nitrogen and oxygen atoms in total. The Labute approximate surface area is 176 Å². The molecule has 3 aliphatic rings. The van der Waals surface area contributed by atoms with Gasteiger partial charge in [0.2, 0.25) is 5.91 Å². The molecule has 0 radical (unpaired) electrons. The number of likely N-dealkylation sites (tertiary alicyclic amines) is 1. The van der Waals surface area contributed by atoms with E-state index in [0.717, 1.165) is 19.6 Å². The summed E-state index contributed by atoms with van der Waals surface area (Å²) in [6.07, 6.45) is 11.6. The van der Waals surface area contributed by atoms with Crippen molar-refractivity contribution in [3.05, 3.63) is 41.5 Å². The van der Waals surface area contributed by atoms with Gasteiger partial charge in [-0.1, -0.05) is 42.0 Å². The highest BCUT2D eigenvalue weighted by Crippen LogP contribution is 2.39. The van der Waals surface area contributed by atoms with Gasteiger partial charge in [-0.25, -0.2) is 0 Å². The van der Waals surface area contributed by atoms with Crippen LogP contribution in [-0.4, -0.2) is 48.6 Å². The number of hydrogen-bond donors (Lipinski definition) is 2. The maximum absolute atomic E-state index is 12.1. The van der Waals surface area contributed by atoms with Gasteiger partial charge in [-0.2, -0.15) is 0 Å². The highest BCUT2D eigenvalue weighted by Gasteiger charge is 2.39. The van der Waals surface area contributed by atoms with E-state index < -0.39 is 0 Å². The number of benzene rings is 1. The lowest BCUT2D eigenvalue weighted by Gasteiger charge is -2.30. The molecule has 2 saturated carbocycles. The Balaban J connectivity index is 1.11.